The third-order valence-electron chi connectivity index (χ3n) is 3.30. The average Bonchev–Trinajstić information content (AvgIpc) is 2.47. The number of anilines is 2. The number of piperidine rings is 1. The first kappa shape index (κ1) is 13.6. The monoisotopic (exact) mass is 263 g/mol. The standard InChI is InChI=1S/C13H21N5O/c1-10(13(19)18-8-3-2-4-9-18)15-11-6-5-7-12(16-11)17-14/h5-7,10H,2-4,8-9,14H2,1H3,(H2,15,16,17). The molecule has 104 valence electrons. The summed E-state index contributed by atoms with van der Waals surface area (Å²) in [5, 5.41) is 3.12. The Morgan fingerprint density at radius 2 is 2.00 bits per heavy atom. The summed E-state index contributed by atoms with van der Waals surface area (Å²) in [6.07, 6.45) is 3.42. The van der Waals surface area contributed by atoms with Crippen LogP contribution in [0.5, 0.6) is 0 Å². The Kier molecular flexibility index (Phi) is 4.57. The second-order valence-electron chi connectivity index (χ2n) is 4.80. The van der Waals surface area contributed by atoms with Crippen molar-refractivity contribution in [3.05, 3.63) is 18.2 Å². The summed E-state index contributed by atoms with van der Waals surface area (Å²) >= 11 is 0. The Labute approximate surface area is 113 Å². The molecule has 19 heavy (non-hydrogen) atoms. The molecule has 2 rings (SSSR count). The quantitative estimate of drug-likeness (QED) is 0.561. The summed E-state index contributed by atoms with van der Waals surface area (Å²) in [5.41, 5.74) is 2.49. The van der Waals surface area contributed by atoms with Crippen LogP contribution in [0.1, 0.15) is 26.2 Å². The fourth-order valence-electron chi connectivity index (χ4n) is 2.27. The Morgan fingerprint density at radius 1 is 1.32 bits per heavy atom. The number of nitrogen functional groups attached to an aromatic ring is 1. The molecule has 1 unspecified atom stereocenters. The van der Waals surface area contributed by atoms with Crippen molar-refractivity contribution in [3.8, 4) is 0 Å². The van der Waals surface area contributed by atoms with Gasteiger partial charge in [0.25, 0.3) is 0 Å². The van der Waals surface area contributed by atoms with Gasteiger partial charge in [0.05, 0.1) is 0 Å². The van der Waals surface area contributed by atoms with Crippen molar-refractivity contribution >= 4 is 17.5 Å². The van der Waals surface area contributed by atoms with Crippen LogP contribution in [-0.2, 0) is 4.79 Å². The molecule has 1 atom stereocenters. The third kappa shape index (κ3) is 3.57. The van der Waals surface area contributed by atoms with Crippen LogP contribution in [0.15, 0.2) is 18.2 Å². The molecule has 2 heterocycles. The molecule has 1 amide bonds. The van der Waals surface area contributed by atoms with Crippen LogP contribution in [-0.4, -0.2) is 34.9 Å². The van der Waals surface area contributed by atoms with E-state index in [0.29, 0.717) is 11.6 Å². The molecule has 4 N–H and O–H groups in total. The maximum atomic E-state index is 12.3. The molecule has 6 nitrogen and oxygen atoms in total. The first-order chi connectivity index (χ1) is 9.20. The van der Waals surface area contributed by atoms with Crippen LogP contribution in [0.3, 0.4) is 0 Å². The van der Waals surface area contributed by atoms with Gasteiger partial charge in [-0.2, -0.15) is 0 Å². The average molecular weight is 263 g/mol. The number of nitrogens with one attached hydrogen (secondary N) is 2. The van der Waals surface area contributed by atoms with Crippen molar-refractivity contribution < 1.29 is 4.79 Å². The van der Waals surface area contributed by atoms with Gasteiger partial charge in [-0.15, -0.1) is 0 Å². The number of nitrogens with two attached hydrogens (primary N) is 1. The highest BCUT2D eigenvalue weighted by Crippen LogP contribution is 2.13. The van der Waals surface area contributed by atoms with Crippen LogP contribution in [0.25, 0.3) is 0 Å². The van der Waals surface area contributed by atoms with Gasteiger partial charge in [0, 0.05) is 13.1 Å². The van der Waals surface area contributed by atoms with E-state index < -0.39 is 0 Å². The molecule has 1 aliphatic heterocycles. The van der Waals surface area contributed by atoms with E-state index in [-0.39, 0.29) is 11.9 Å². The Morgan fingerprint density at radius 3 is 2.68 bits per heavy atom. The second kappa shape index (κ2) is 6.38. The van der Waals surface area contributed by atoms with E-state index in [1.807, 2.05) is 24.0 Å². The molecule has 1 aromatic heterocycles. The fourth-order valence-corrected chi connectivity index (χ4v) is 2.27. The van der Waals surface area contributed by atoms with Crippen molar-refractivity contribution in [1.29, 1.82) is 0 Å². The summed E-state index contributed by atoms with van der Waals surface area (Å²) in [6.45, 7) is 3.59. The molecule has 0 bridgehead atoms. The highest BCUT2D eigenvalue weighted by atomic mass is 16.2. The highest BCUT2D eigenvalue weighted by molar-refractivity contribution is 5.84. The van der Waals surface area contributed by atoms with Gasteiger partial charge in [0.2, 0.25) is 5.91 Å². The third-order valence-corrected chi connectivity index (χ3v) is 3.30. The topological polar surface area (TPSA) is 83.3 Å². The number of carbonyl (C=O) groups excluding carboxylic acids is 1. The number of rotatable bonds is 4. The molecule has 1 saturated heterocycles. The van der Waals surface area contributed by atoms with Gasteiger partial charge >= 0.3 is 0 Å². The zero-order chi connectivity index (χ0) is 13.7. The lowest BCUT2D eigenvalue weighted by atomic mass is 10.1. The predicted molar refractivity (Wildman–Crippen MR) is 75.6 cm³/mol. The maximum Gasteiger partial charge on any atom is 0.244 e. The lowest BCUT2D eigenvalue weighted by Gasteiger charge is -2.29. The van der Waals surface area contributed by atoms with Gasteiger partial charge in [-0.3, -0.25) is 4.79 Å². The van der Waals surface area contributed by atoms with Crippen LogP contribution in [0, 0.1) is 0 Å². The Hall–Kier alpha value is -1.82. The first-order valence-electron chi connectivity index (χ1n) is 6.69. The number of nitrogens with zero attached hydrogens (tertiary/aromatic N) is 2. The van der Waals surface area contributed by atoms with Crippen LogP contribution < -0.4 is 16.6 Å². The first-order valence-corrected chi connectivity index (χ1v) is 6.69. The molecule has 1 aromatic rings. The number of hydrogen-bond acceptors (Lipinski definition) is 5. The smallest absolute Gasteiger partial charge is 0.244 e. The second-order valence-corrected chi connectivity index (χ2v) is 4.80. The summed E-state index contributed by atoms with van der Waals surface area (Å²) in [6, 6.07) is 5.14. The number of hydrogen-bond donors (Lipinski definition) is 3. The summed E-state index contributed by atoms with van der Waals surface area (Å²) in [5.74, 6) is 6.66. The number of aromatic nitrogens is 1. The van der Waals surface area contributed by atoms with Gasteiger partial charge in [0.15, 0.2) is 0 Å². The normalized spacial score (nSPS) is 16.8. The van der Waals surface area contributed by atoms with E-state index >= 15 is 0 Å². The van der Waals surface area contributed by atoms with Crippen molar-refractivity contribution in [2.24, 2.45) is 5.84 Å². The zero-order valence-corrected chi connectivity index (χ0v) is 11.2. The molecule has 1 fully saturated rings. The number of amides is 1. The summed E-state index contributed by atoms with van der Waals surface area (Å²) in [7, 11) is 0. The SMILES string of the molecule is CC(Nc1cccc(NN)n1)C(=O)N1CCCCC1. The molecule has 0 aliphatic carbocycles. The minimum Gasteiger partial charge on any atom is -0.359 e. The van der Waals surface area contributed by atoms with Crippen molar-refractivity contribution in [2.45, 2.75) is 32.2 Å². The lowest BCUT2D eigenvalue weighted by Crippen LogP contribution is -2.44. The van der Waals surface area contributed by atoms with E-state index in [2.05, 4.69) is 15.7 Å². The van der Waals surface area contributed by atoms with E-state index in [9.17, 15) is 4.79 Å². The molecular weight excluding hydrogens is 242 g/mol. The Balaban J connectivity index is 1.95. The number of pyridine rings is 1. The number of carbonyl (C=O) groups is 1. The van der Waals surface area contributed by atoms with Gasteiger partial charge in [-0.1, -0.05) is 6.07 Å². The van der Waals surface area contributed by atoms with Gasteiger partial charge in [0.1, 0.15) is 17.7 Å². The van der Waals surface area contributed by atoms with Crippen LogP contribution >= 0.6 is 0 Å². The molecule has 0 radical (unpaired) electrons. The number of hydrazine groups is 1. The minimum atomic E-state index is -0.279. The van der Waals surface area contributed by atoms with Gasteiger partial charge in [-0.25, -0.2) is 10.8 Å². The molecule has 0 aromatic carbocycles. The molecule has 6 heteroatoms. The maximum absolute atomic E-state index is 12.3. The fraction of sp³-hybridized carbons (Fsp3) is 0.538. The highest BCUT2D eigenvalue weighted by Gasteiger charge is 2.22. The van der Waals surface area contributed by atoms with Gasteiger partial charge < -0.3 is 15.6 Å². The summed E-state index contributed by atoms with van der Waals surface area (Å²) < 4.78 is 0. The van der Waals surface area contributed by atoms with Crippen molar-refractivity contribution in [3.63, 3.8) is 0 Å². The molecule has 0 saturated carbocycles. The van der Waals surface area contributed by atoms with E-state index in [4.69, 9.17) is 5.84 Å². The van der Waals surface area contributed by atoms with E-state index in [0.717, 1.165) is 25.9 Å². The minimum absolute atomic E-state index is 0.132. The lowest BCUT2D eigenvalue weighted by molar-refractivity contribution is -0.132. The van der Waals surface area contributed by atoms with Crippen LogP contribution in [0.4, 0.5) is 11.6 Å². The largest absolute Gasteiger partial charge is 0.359 e. The van der Waals surface area contributed by atoms with E-state index in [1.165, 1.54) is 6.42 Å². The van der Waals surface area contributed by atoms with Crippen molar-refractivity contribution in [2.75, 3.05) is 23.8 Å². The Bertz CT molecular complexity index is 431. The molecule has 1 aliphatic rings. The van der Waals surface area contributed by atoms with Gasteiger partial charge in [-0.05, 0) is 38.3 Å². The summed E-state index contributed by atoms with van der Waals surface area (Å²) in [4.78, 5) is 18.4. The van der Waals surface area contributed by atoms with Crippen LogP contribution in [0.2, 0.25) is 0 Å². The number of likely N-dealkylation sites (tertiary alicyclic amines) is 1. The molecule has 0 spiro atoms. The zero-order valence-electron chi connectivity index (χ0n) is 11.2. The predicted octanol–water partition coefficient (Wildman–Crippen LogP) is 1.18. The van der Waals surface area contributed by atoms with E-state index in [1.54, 1.807) is 6.07 Å². The molecular formula is C13H21N5O. The van der Waals surface area contributed by atoms with Crippen molar-refractivity contribution in [1.82, 2.24) is 9.88 Å².